The van der Waals surface area contributed by atoms with Crippen LogP contribution in [0.5, 0.6) is 0 Å². The summed E-state index contributed by atoms with van der Waals surface area (Å²) in [5.41, 5.74) is 0. The summed E-state index contributed by atoms with van der Waals surface area (Å²) in [6, 6.07) is 0. The van der Waals surface area contributed by atoms with E-state index in [0.29, 0.717) is 19.3 Å². The minimum atomic E-state index is -0.800. The maximum Gasteiger partial charge on any atom is 0.306 e. The zero-order valence-electron chi connectivity index (χ0n) is 41.6. The summed E-state index contributed by atoms with van der Waals surface area (Å²) in [5.74, 6) is -0.970. The summed E-state index contributed by atoms with van der Waals surface area (Å²) in [5, 5.41) is 0. The first-order valence-electron chi connectivity index (χ1n) is 26.8. The molecule has 0 saturated heterocycles. The summed E-state index contributed by atoms with van der Waals surface area (Å²) in [4.78, 5) is 38.0. The van der Waals surface area contributed by atoms with Gasteiger partial charge >= 0.3 is 17.9 Å². The van der Waals surface area contributed by atoms with E-state index in [4.69, 9.17) is 14.2 Å². The second kappa shape index (κ2) is 51.7. The highest BCUT2D eigenvalue weighted by Gasteiger charge is 2.19. The molecule has 0 N–H and O–H groups in total. The number of allylic oxidation sites excluding steroid dienone is 10. The highest BCUT2D eigenvalue weighted by atomic mass is 16.6. The van der Waals surface area contributed by atoms with E-state index < -0.39 is 6.10 Å². The number of ether oxygens (including phenoxy) is 3. The Hall–Kier alpha value is -2.89. The van der Waals surface area contributed by atoms with E-state index in [0.717, 1.165) is 64.2 Å². The minimum Gasteiger partial charge on any atom is -0.462 e. The number of carbonyl (C=O) groups is 3. The van der Waals surface area contributed by atoms with Crippen molar-refractivity contribution in [1.29, 1.82) is 0 Å². The smallest absolute Gasteiger partial charge is 0.306 e. The van der Waals surface area contributed by atoms with Crippen molar-refractivity contribution in [2.24, 2.45) is 0 Å². The molecule has 0 rings (SSSR count). The lowest BCUT2D eigenvalue weighted by molar-refractivity contribution is -0.166. The summed E-state index contributed by atoms with van der Waals surface area (Å²) in [6.45, 7) is 6.46. The van der Waals surface area contributed by atoms with Crippen LogP contribution in [0.4, 0.5) is 0 Å². The predicted octanol–water partition coefficient (Wildman–Crippen LogP) is 17.6. The Morgan fingerprint density at radius 3 is 1.17 bits per heavy atom. The third kappa shape index (κ3) is 50.0. The van der Waals surface area contributed by atoms with Crippen molar-refractivity contribution in [3.05, 3.63) is 60.8 Å². The fourth-order valence-electron chi connectivity index (χ4n) is 7.55. The van der Waals surface area contributed by atoms with E-state index in [1.165, 1.54) is 154 Å². The Labute approximate surface area is 390 Å². The maximum atomic E-state index is 12.8. The Morgan fingerprint density at radius 1 is 0.349 bits per heavy atom. The SMILES string of the molecule is CC/C=C/C=C/C=C/CCCCCCCCCC(=O)OC(COC(=O)CC/C=C/C/C=C/CCCCCCCC)COC(=O)CCCCCCCCCCCCCCCCCCC. The number of rotatable bonds is 48. The van der Waals surface area contributed by atoms with E-state index >= 15 is 0 Å². The van der Waals surface area contributed by atoms with Crippen LogP contribution in [0.3, 0.4) is 0 Å². The average Bonchev–Trinajstić information content (AvgIpc) is 3.28. The van der Waals surface area contributed by atoms with Crippen LogP contribution in [0.2, 0.25) is 0 Å². The summed E-state index contributed by atoms with van der Waals surface area (Å²) < 4.78 is 16.8. The van der Waals surface area contributed by atoms with Gasteiger partial charge in [-0.3, -0.25) is 14.4 Å². The molecular weight excluding hydrogens is 781 g/mol. The van der Waals surface area contributed by atoms with Crippen LogP contribution >= 0.6 is 0 Å². The first-order chi connectivity index (χ1) is 31.0. The lowest BCUT2D eigenvalue weighted by atomic mass is 10.0. The van der Waals surface area contributed by atoms with Gasteiger partial charge in [-0.25, -0.2) is 0 Å². The molecule has 6 nitrogen and oxygen atoms in total. The van der Waals surface area contributed by atoms with E-state index in [1.807, 2.05) is 6.08 Å². The molecule has 0 heterocycles. The summed E-state index contributed by atoms with van der Waals surface area (Å²) in [6.07, 6.45) is 63.6. The predicted molar refractivity (Wildman–Crippen MR) is 270 cm³/mol. The molecule has 0 aromatic carbocycles. The first kappa shape index (κ1) is 60.1. The van der Waals surface area contributed by atoms with Gasteiger partial charge < -0.3 is 14.2 Å². The molecule has 0 fully saturated rings. The highest BCUT2D eigenvalue weighted by molar-refractivity contribution is 5.71. The van der Waals surface area contributed by atoms with Crippen molar-refractivity contribution in [3.63, 3.8) is 0 Å². The fourth-order valence-corrected chi connectivity index (χ4v) is 7.55. The topological polar surface area (TPSA) is 78.9 Å². The van der Waals surface area contributed by atoms with Crippen molar-refractivity contribution in [3.8, 4) is 0 Å². The fraction of sp³-hybridized carbons (Fsp3) is 0.772. The molecule has 0 aromatic heterocycles. The molecule has 364 valence electrons. The number of hydrogen-bond donors (Lipinski definition) is 0. The van der Waals surface area contributed by atoms with Gasteiger partial charge in [-0.1, -0.05) is 248 Å². The molecule has 0 saturated carbocycles. The van der Waals surface area contributed by atoms with Crippen LogP contribution in [-0.2, 0) is 28.6 Å². The molecule has 1 atom stereocenters. The zero-order chi connectivity index (χ0) is 45.8. The summed E-state index contributed by atoms with van der Waals surface area (Å²) >= 11 is 0. The van der Waals surface area contributed by atoms with Gasteiger partial charge in [-0.15, -0.1) is 0 Å². The Balaban J connectivity index is 4.41. The number of hydrogen-bond acceptors (Lipinski definition) is 6. The van der Waals surface area contributed by atoms with Gasteiger partial charge in [0.05, 0.1) is 0 Å². The van der Waals surface area contributed by atoms with Crippen molar-refractivity contribution in [2.75, 3.05) is 13.2 Å². The summed E-state index contributed by atoms with van der Waals surface area (Å²) in [7, 11) is 0. The second-order valence-electron chi connectivity index (χ2n) is 17.8. The molecule has 0 bridgehead atoms. The van der Waals surface area contributed by atoms with Crippen molar-refractivity contribution in [1.82, 2.24) is 0 Å². The molecule has 0 spiro atoms. The molecule has 0 amide bonds. The largest absolute Gasteiger partial charge is 0.462 e. The van der Waals surface area contributed by atoms with Crippen LogP contribution in [0.1, 0.15) is 265 Å². The average molecular weight is 881 g/mol. The van der Waals surface area contributed by atoms with E-state index in [9.17, 15) is 14.4 Å². The second-order valence-corrected chi connectivity index (χ2v) is 17.8. The number of unbranched alkanes of at least 4 members (excludes halogenated alkanes) is 29. The van der Waals surface area contributed by atoms with Gasteiger partial charge in [-0.05, 0) is 57.8 Å². The molecule has 6 heteroatoms. The lowest BCUT2D eigenvalue weighted by Gasteiger charge is -2.18. The normalized spacial score (nSPS) is 12.5. The molecule has 0 aliphatic rings. The van der Waals surface area contributed by atoms with Crippen LogP contribution in [0.25, 0.3) is 0 Å². The van der Waals surface area contributed by atoms with E-state index in [1.54, 1.807) is 0 Å². The van der Waals surface area contributed by atoms with Crippen molar-refractivity contribution >= 4 is 17.9 Å². The standard InChI is InChI=1S/C57H100O6/c1-4-7-10-13-16-19-22-25-27-28-30-32-35-38-41-44-47-50-56(59)62-53-54(52-61-55(58)49-46-43-40-37-34-31-24-21-18-15-12-9-6-3)63-57(60)51-48-45-42-39-36-33-29-26-23-20-17-14-11-8-5-2/h8,11,14,17,20,23,31,34,40,43,54H,4-7,9-10,12-13,15-16,18-19,21-22,24-30,32-33,35-39,41-42,44-53H2,1-3H3/b11-8+,17-14+,23-20+,34-31+,43-40+. The number of carbonyl (C=O) groups excluding carboxylic acids is 3. The minimum absolute atomic E-state index is 0.0941. The molecule has 0 aliphatic heterocycles. The van der Waals surface area contributed by atoms with Crippen molar-refractivity contribution < 1.29 is 28.6 Å². The van der Waals surface area contributed by atoms with Gasteiger partial charge in [-0.2, -0.15) is 0 Å². The Morgan fingerprint density at radius 2 is 0.714 bits per heavy atom. The van der Waals surface area contributed by atoms with Gasteiger partial charge in [0.25, 0.3) is 0 Å². The van der Waals surface area contributed by atoms with E-state index in [-0.39, 0.29) is 37.5 Å². The Bertz CT molecular complexity index is 1150. The van der Waals surface area contributed by atoms with Crippen LogP contribution < -0.4 is 0 Å². The molecule has 0 aliphatic carbocycles. The lowest BCUT2D eigenvalue weighted by Crippen LogP contribution is -2.30. The van der Waals surface area contributed by atoms with Gasteiger partial charge in [0, 0.05) is 19.3 Å². The third-order valence-electron chi connectivity index (χ3n) is 11.6. The van der Waals surface area contributed by atoms with Crippen LogP contribution in [0.15, 0.2) is 60.8 Å². The Kier molecular flexibility index (Phi) is 49.4. The first-order valence-corrected chi connectivity index (χ1v) is 26.8. The molecule has 1 unspecified atom stereocenters. The molecule has 63 heavy (non-hydrogen) atoms. The molecule has 0 aromatic rings. The maximum absolute atomic E-state index is 12.8. The third-order valence-corrected chi connectivity index (χ3v) is 11.6. The molecule has 0 radical (unpaired) electrons. The van der Waals surface area contributed by atoms with Gasteiger partial charge in [0.1, 0.15) is 13.2 Å². The van der Waals surface area contributed by atoms with Crippen LogP contribution in [0, 0.1) is 0 Å². The quantitative estimate of drug-likeness (QED) is 0.0199. The van der Waals surface area contributed by atoms with Gasteiger partial charge in [0.2, 0.25) is 0 Å². The number of esters is 3. The van der Waals surface area contributed by atoms with Crippen LogP contribution in [-0.4, -0.2) is 37.2 Å². The van der Waals surface area contributed by atoms with E-state index in [2.05, 4.69) is 75.5 Å². The zero-order valence-corrected chi connectivity index (χ0v) is 41.6. The van der Waals surface area contributed by atoms with Crippen molar-refractivity contribution in [2.45, 2.75) is 271 Å². The monoisotopic (exact) mass is 881 g/mol. The molecular formula is C57H100O6. The highest BCUT2D eigenvalue weighted by Crippen LogP contribution is 2.16. The van der Waals surface area contributed by atoms with Gasteiger partial charge in [0.15, 0.2) is 6.10 Å².